The van der Waals surface area contributed by atoms with Gasteiger partial charge in [0.2, 0.25) is 0 Å². The maximum Gasteiger partial charge on any atom is 0.329 e. The molecular weight excluding hydrogens is 266 g/mol. The van der Waals surface area contributed by atoms with Crippen LogP contribution in [0.2, 0.25) is 0 Å². The molecule has 3 rings (SSSR count). The highest BCUT2D eigenvalue weighted by Gasteiger charge is 2.46. The van der Waals surface area contributed by atoms with E-state index in [-0.39, 0.29) is 5.91 Å². The van der Waals surface area contributed by atoms with Gasteiger partial charge in [-0.15, -0.1) is 0 Å². The van der Waals surface area contributed by atoms with Crippen molar-refractivity contribution in [3.8, 4) is 0 Å². The molecule has 0 saturated carbocycles. The fraction of sp³-hybridized carbons (Fsp3) is 0.294. The second-order valence-corrected chi connectivity index (χ2v) is 5.67. The minimum absolute atomic E-state index is 0.200. The third kappa shape index (κ3) is 2.07. The molecule has 1 N–H and O–H groups in total. The molecule has 108 valence electrons. The summed E-state index contributed by atoms with van der Waals surface area (Å²) in [7, 11) is 0. The summed E-state index contributed by atoms with van der Waals surface area (Å²) in [6, 6.07) is 13.2. The molecule has 2 aromatic rings. The standard InChI is InChI=1S/C17H17NO3/c1-17(16(20)21)10-5-11-18(17)15(19)14-9-4-7-12-6-2-3-8-13(12)14/h2-4,6-9H,5,10-11H2,1H3,(H,20,21). The van der Waals surface area contributed by atoms with Crippen LogP contribution in [-0.2, 0) is 4.79 Å². The third-order valence-corrected chi connectivity index (χ3v) is 4.37. The largest absolute Gasteiger partial charge is 0.480 e. The Morgan fingerprint density at radius 2 is 1.86 bits per heavy atom. The van der Waals surface area contributed by atoms with Crippen molar-refractivity contribution in [2.45, 2.75) is 25.3 Å². The molecule has 21 heavy (non-hydrogen) atoms. The minimum atomic E-state index is -1.10. The lowest BCUT2D eigenvalue weighted by molar-refractivity contribution is -0.147. The molecule has 4 nitrogen and oxygen atoms in total. The summed E-state index contributed by atoms with van der Waals surface area (Å²) in [5, 5.41) is 11.3. The van der Waals surface area contributed by atoms with Crippen molar-refractivity contribution in [2.75, 3.05) is 6.54 Å². The van der Waals surface area contributed by atoms with E-state index in [1.807, 2.05) is 36.4 Å². The first kappa shape index (κ1) is 13.6. The summed E-state index contributed by atoms with van der Waals surface area (Å²) in [6.07, 6.45) is 1.22. The van der Waals surface area contributed by atoms with Crippen molar-refractivity contribution < 1.29 is 14.7 Å². The molecule has 1 heterocycles. The highest BCUT2D eigenvalue weighted by atomic mass is 16.4. The number of carboxylic acid groups (broad SMARTS) is 1. The van der Waals surface area contributed by atoms with Crippen LogP contribution in [0.25, 0.3) is 10.8 Å². The molecule has 0 bridgehead atoms. The second kappa shape index (κ2) is 4.88. The Hall–Kier alpha value is -2.36. The monoisotopic (exact) mass is 283 g/mol. The highest BCUT2D eigenvalue weighted by Crippen LogP contribution is 2.32. The fourth-order valence-corrected chi connectivity index (χ4v) is 3.07. The summed E-state index contributed by atoms with van der Waals surface area (Å²) < 4.78 is 0. The Labute approximate surface area is 123 Å². The van der Waals surface area contributed by atoms with Gasteiger partial charge in [0.05, 0.1) is 0 Å². The molecule has 4 heteroatoms. The summed E-state index contributed by atoms with van der Waals surface area (Å²) in [5.41, 5.74) is -0.531. The zero-order valence-corrected chi connectivity index (χ0v) is 11.9. The van der Waals surface area contributed by atoms with Crippen molar-refractivity contribution in [1.82, 2.24) is 4.90 Å². The van der Waals surface area contributed by atoms with E-state index in [0.29, 0.717) is 18.5 Å². The van der Waals surface area contributed by atoms with Gasteiger partial charge in [-0.05, 0) is 36.6 Å². The number of nitrogens with zero attached hydrogens (tertiary/aromatic N) is 1. The Balaban J connectivity index is 2.07. The predicted octanol–water partition coefficient (Wildman–Crippen LogP) is 2.92. The van der Waals surface area contributed by atoms with Crippen molar-refractivity contribution in [3.05, 3.63) is 48.0 Å². The van der Waals surface area contributed by atoms with E-state index in [2.05, 4.69) is 0 Å². The van der Waals surface area contributed by atoms with Gasteiger partial charge in [0.1, 0.15) is 5.54 Å². The van der Waals surface area contributed by atoms with Crippen molar-refractivity contribution in [2.24, 2.45) is 0 Å². The van der Waals surface area contributed by atoms with E-state index in [1.165, 1.54) is 4.90 Å². The number of hydrogen-bond donors (Lipinski definition) is 1. The molecule has 1 aliphatic heterocycles. The molecule has 0 spiro atoms. The summed E-state index contributed by atoms with van der Waals surface area (Å²) >= 11 is 0. The normalized spacial score (nSPS) is 21.7. The van der Waals surface area contributed by atoms with Crippen molar-refractivity contribution in [3.63, 3.8) is 0 Å². The van der Waals surface area contributed by atoms with E-state index in [0.717, 1.165) is 17.2 Å². The Kier molecular flexibility index (Phi) is 3.16. The molecule has 1 fully saturated rings. The molecule has 2 aromatic carbocycles. The number of likely N-dealkylation sites (tertiary alicyclic amines) is 1. The van der Waals surface area contributed by atoms with Gasteiger partial charge in [0.25, 0.3) is 5.91 Å². The maximum absolute atomic E-state index is 12.8. The van der Waals surface area contributed by atoms with E-state index < -0.39 is 11.5 Å². The zero-order chi connectivity index (χ0) is 15.0. The van der Waals surface area contributed by atoms with Gasteiger partial charge < -0.3 is 10.0 Å². The summed E-state index contributed by atoms with van der Waals surface area (Å²) in [4.78, 5) is 25.9. The smallest absolute Gasteiger partial charge is 0.329 e. The topological polar surface area (TPSA) is 57.6 Å². The quantitative estimate of drug-likeness (QED) is 0.922. The van der Waals surface area contributed by atoms with Gasteiger partial charge in [0.15, 0.2) is 0 Å². The van der Waals surface area contributed by atoms with Crippen molar-refractivity contribution in [1.29, 1.82) is 0 Å². The Morgan fingerprint density at radius 1 is 1.14 bits per heavy atom. The Morgan fingerprint density at radius 3 is 2.62 bits per heavy atom. The molecule has 1 aliphatic rings. The van der Waals surface area contributed by atoms with E-state index in [4.69, 9.17) is 0 Å². The number of amides is 1. The first-order chi connectivity index (χ1) is 10.0. The van der Waals surface area contributed by atoms with Gasteiger partial charge in [-0.25, -0.2) is 4.79 Å². The molecule has 1 atom stereocenters. The minimum Gasteiger partial charge on any atom is -0.480 e. The third-order valence-electron chi connectivity index (χ3n) is 4.37. The van der Waals surface area contributed by atoms with Crippen LogP contribution in [0.1, 0.15) is 30.1 Å². The van der Waals surface area contributed by atoms with Gasteiger partial charge >= 0.3 is 5.97 Å². The van der Waals surface area contributed by atoms with E-state index in [9.17, 15) is 14.7 Å². The summed E-state index contributed by atoms with van der Waals surface area (Å²) in [6.45, 7) is 2.12. The van der Waals surface area contributed by atoms with Crippen LogP contribution in [0.5, 0.6) is 0 Å². The molecule has 0 aromatic heterocycles. The van der Waals surface area contributed by atoms with E-state index in [1.54, 1.807) is 13.0 Å². The van der Waals surface area contributed by atoms with Crippen LogP contribution in [0.4, 0.5) is 0 Å². The number of rotatable bonds is 2. The molecular formula is C17H17NO3. The number of carboxylic acids is 1. The Bertz CT molecular complexity index is 720. The predicted molar refractivity (Wildman–Crippen MR) is 80.3 cm³/mol. The lowest BCUT2D eigenvalue weighted by atomic mass is 9.97. The number of fused-ring (bicyclic) bond motifs is 1. The molecule has 0 aliphatic carbocycles. The number of benzene rings is 2. The number of carbonyl (C=O) groups excluding carboxylic acids is 1. The van der Waals surface area contributed by atoms with Crippen LogP contribution in [-0.4, -0.2) is 34.0 Å². The average Bonchev–Trinajstić information content (AvgIpc) is 2.89. The van der Waals surface area contributed by atoms with Crippen LogP contribution in [0, 0.1) is 0 Å². The maximum atomic E-state index is 12.8. The molecule has 1 saturated heterocycles. The van der Waals surface area contributed by atoms with Gasteiger partial charge in [0, 0.05) is 12.1 Å². The number of carbonyl (C=O) groups is 2. The first-order valence-electron chi connectivity index (χ1n) is 7.07. The van der Waals surface area contributed by atoms with E-state index >= 15 is 0 Å². The first-order valence-corrected chi connectivity index (χ1v) is 7.07. The SMILES string of the molecule is CC1(C(=O)O)CCCN1C(=O)c1cccc2ccccc12. The molecule has 1 unspecified atom stereocenters. The average molecular weight is 283 g/mol. The summed E-state index contributed by atoms with van der Waals surface area (Å²) in [5.74, 6) is -1.14. The molecule has 0 radical (unpaired) electrons. The van der Waals surface area contributed by atoms with Crippen LogP contribution < -0.4 is 0 Å². The van der Waals surface area contributed by atoms with Crippen LogP contribution in [0.15, 0.2) is 42.5 Å². The van der Waals surface area contributed by atoms with Crippen LogP contribution in [0.3, 0.4) is 0 Å². The number of hydrogen-bond acceptors (Lipinski definition) is 2. The lowest BCUT2D eigenvalue weighted by Crippen LogP contribution is -2.50. The van der Waals surface area contributed by atoms with Gasteiger partial charge in [-0.3, -0.25) is 4.79 Å². The second-order valence-electron chi connectivity index (χ2n) is 5.67. The number of aliphatic carboxylic acids is 1. The highest BCUT2D eigenvalue weighted by molar-refractivity contribution is 6.08. The fourth-order valence-electron chi connectivity index (χ4n) is 3.07. The van der Waals surface area contributed by atoms with Crippen molar-refractivity contribution >= 4 is 22.6 Å². The molecule has 1 amide bonds. The zero-order valence-electron chi connectivity index (χ0n) is 11.9. The van der Waals surface area contributed by atoms with Gasteiger partial charge in [-0.2, -0.15) is 0 Å². The van der Waals surface area contributed by atoms with Crippen LogP contribution >= 0.6 is 0 Å². The van der Waals surface area contributed by atoms with Gasteiger partial charge in [-0.1, -0.05) is 36.4 Å². The lowest BCUT2D eigenvalue weighted by Gasteiger charge is -2.31.